The molecular weight excluding hydrogens is 319 g/mol. The smallest absolute Gasteiger partial charge is 0.265 e. The number of benzene rings is 1. The Hall–Kier alpha value is -2.28. The average Bonchev–Trinajstić information content (AvgIpc) is 2.46. The van der Waals surface area contributed by atoms with Crippen molar-refractivity contribution < 1.29 is 18.0 Å². The second-order valence-electron chi connectivity index (χ2n) is 4.42. The van der Waals surface area contributed by atoms with E-state index in [4.69, 9.17) is 17.1 Å². The molecule has 0 atom stereocenters. The number of amides is 1. The van der Waals surface area contributed by atoms with Crippen LogP contribution in [0.15, 0.2) is 41.5 Å². The highest BCUT2D eigenvalue weighted by atomic mass is 35.5. The predicted molar refractivity (Wildman–Crippen MR) is 73.0 cm³/mol. The molecule has 0 aliphatic rings. The minimum absolute atomic E-state index is 0.0966. The second kappa shape index (κ2) is 6.23. The number of nitrogens with zero attached hydrogens (tertiary/aromatic N) is 2. The van der Waals surface area contributed by atoms with Crippen LogP contribution < -0.4 is 0 Å². The Morgan fingerprint density at radius 1 is 1.18 bits per heavy atom. The normalized spacial score (nSPS) is 11.3. The summed E-state index contributed by atoms with van der Waals surface area (Å²) in [5, 5.41) is 2.96. The van der Waals surface area contributed by atoms with Crippen molar-refractivity contribution in [1.29, 1.82) is 5.53 Å². The fraction of sp³-hybridized carbons (Fsp3) is 0.143. The number of hydrogen-bond donors (Lipinski definition) is 1. The van der Waals surface area contributed by atoms with E-state index in [9.17, 15) is 18.0 Å². The lowest BCUT2D eigenvalue weighted by Gasteiger charge is -2.09. The Labute approximate surface area is 128 Å². The van der Waals surface area contributed by atoms with E-state index in [1.165, 1.54) is 24.3 Å². The Morgan fingerprint density at radius 3 is 2.36 bits per heavy atom. The Morgan fingerprint density at radius 2 is 1.82 bits per heavy atom. The van der Waals surface area contributed by atoms with Crippen molar-refractivity contribution in [2.45, 2.75) is 12.6 Å². The van der Waals surface area contributed by atoms with Crippen LogP contribution >= 0.6 is 11.6 Å². The number of carbonyl (C=O) groups is 1. The van der Waals surface area contributed by atoms with E-state index in [0.29, 0.717) is 5.56 Å². The van der Waals surface area contributed by atoms with E-state index >= 15 is 0 Å². The van der Waals surface area contributed by atoms with Gasteiger partial charge in [-0.3, -0.25) is 4.79 Å². The molecule has 2 aromatic rings. The lowest BCUT2D eigenvalue weighted by Crippen LogP contribution is -2.06. The van der Waals surface area contributed by atoms with Crippen LogP contribution in [0, 0.1) is 5.53 Å². The van der Waals surface area contributed by atoms with Gasteiger partial charge in [0.05, 0.1) is 16.8 Å². The molecule has 1 N–H and O–H groups in total. The minimum Gasteiger partial charge on any atom is -0.265 e. The summed E-state index contributed by atoms with van der Waals surface area (Å²) in [5.41, 5.74) is 6.89. The molecule has 4 nitrogen and oxygen atoms in total. The van der Waals surface area contributed by atoms with Gasteiger partial charge in [0.25, 0.3) is 5.91 Å². The number of rotatable bonds is 3. The lowest BCUT2D eigenvalue weighted by atomic mass is 10.0. The first-order valence-corrected chi connectivity index (χ1v) is 6.42. The zero-order valence-corrected chi connectivity index (χ0v) is 11.7. The van der Waals surface area contributed by atoms with Crippen LogP contribution in [-0.2, 0) is 12.6 Å². The van der Waals surface area contributed by atoms with Crippen molar-refractivity contribution >= 4 is 17.5 Å². The fourth-order valence-electron chi connectivity index (χ4n) is 1.87. The molecule has 1 heterocycles. The molecular formula is C14H9ClF3N3O. The maximum Gasteiger partial charge on any atom is 0.416 e. The van der Waals surface area contributed by atoms with Crippen LogP contribution in [0.25, 0.3) is 0 Å². The molecule has 0 saturated carbocycles. The molecule has 0 aliphatic heterocycles. The van der Waals surface area contributed by atoms with E-state index in [0.717, 1.165) is 12.1 Å². The molecule has 0 unspecified atom stereocenters. The summed E-state index contributed by atoms with van der Waals surface area (Å²) >= 11 is 5.77. The second-order valence-corrected chi connectivity index (χ2v) is 4.80. The van der Waals surface area contributed by atoms with Crippen LogP contribution in [0.1, 0.15) is 27.2 Å². The summed E-state index contributed by atoms with van der Waals surface area (Å²) in [7, 11) is 0. The third kappa shape index (κ3) is 3.67. The van der Waals surface area contributed by atoms with Gasteiger partial charge in [0, 0.05) is 6.42 Å². The Bertz CT molecular complexity index is 714. The highest BCUT2D eigenvalue weighted by Crippen LogP contribution is 2.29. The maximum atomic E-state index is 12.5. The summed E-state index contributed by atoms with van der Waals surface area (Å²) in [6.45, 7) is 0. The first-order chi connectivity index (χ1) is 10.3. The largest absolute Gasteiger partial charge is 0.416 e. The number of carbonyl (C=O) groups excluding carboxylic acids is 1. The van der Waals surface area contributed by atoms with Gasteiger partial charge in [0.1, 0.15) is 5.15 Å². The molecule has 0 saturated heterocycles. The van der Waals surface area contributed by atoms with Gasteiger partial charge in [0.15, 0.2) is 0 Å². The van der Waals surface area contributed by atoms with Crippen molar-refractivity contribution in [1.82, 2.24) is 4.98 Å². The van der Waals surface area contributed by atoms with Gasteiger partial charge < -0.3 is 0 Å². The van der Waals surface area contributed by atoms with Crippen molar-refractivity contribution in [3.8, 4) is 0 Å². The van der Waals surface area contributed by atoms with Crippen molar-refractivity contribution in [3.05, 3.63) is 63.9 Å². The number of pyridine rings is 1. The summed E-state index contributed by atoms with van der Waals surface area (Å²) < 4.78 is 37.5. The molecule has 2 rings (SSSR count). The molecule has 0 radical (unpaired) electrons. The zero-order chi connectivity index (χ0) is 16.3. The van der Waals surface area contributed by atoms with Gasteiger partial charge >= 0.3 is 6.18 Å². The van der Waals surface area contributed by atoms with Gasteiger partial charge in [-0.1, -0.05) is 23.7 Å². The van der Waals surface area contributed by atoms with E-state index in [2.05, 4.69) is 10.1 Å². The summed E-state index contributed by atoms with van der Waals surface area (Å²) in [5.74, 6) is -0.786. The minimum atomic E-state index is -4.40. The number of aromatic nitrogens is 1. The summed E-state index contributed by atoms with van der Waals surface area (Å²) in [6.07, 6.45) is -4.30. The molecule has 1 aromatic carbocycles. The maximum absolute atomic E-state index is 12.5. The number of halogens is 4. The molecule has 8 heteroatoms. The standard InChI is InChI=1S/C14H9ClF3N3O/c15-12-6-5-10(13(22)21-19)11(20-12)7-8-1-3-9(4-2-8)14(16,17)18/h1-6,19H,7H2. The highest BCUT2D eigenvalue weighted by molar-refractivity contribution is 6.29. The molecule has 0 aliphatic carbocycles. The molecule has 0 fully saturated rings. The van der Waals surface area contributed by atoms with Crippen molar-refractivity contribution in [3.63, 3.8) is 0 Å². The van der Waals surface area contributed by atoms with E-state index in [1.807, 2.05) is 0 Å². The number of nitrogens with one attached hydrogen (secondary N) is 1. The third-order valence-electron chi connectivity index (χ3n) is 2.92. The monoisotopic (exact) mass is 327 g/mol. The Balaban J connectivity index is 2.32. The van der Waals surface area contributed by atoms with Gasteiger partial charge in [-0.25, -0.2) is 10.5 Å². The molecule has 0 bridgehead atoms. The molecule has 1 amide bonds. The SMILES string of the molecule is N=NC(=O)c1ccc(Cl)nc1Cc1ccc(C(F)(F)F)cc1. The van der Waals surface area contributed by atoms with E-state index in [-0.39, 0.29) is 22.8 Å². The van der Waals surface area contributed by atoms with Crippen LogP contribution in [-0.4, -0.2) is 10.9 Å². The molecule has 0 spiro atoms. The summed E-state index contributed by atoms with van der Waals surface area (Å²) in [6, 6.07) is 7.28. The van der Waals surface area contributed by atoms with Gasteiger partial charge in [-0.2, -0.15) is 13.2 Å². The first-order valence-electron chi connectivity index (χ1n) is 6.04. The van der Waals surface area contributed by atoms with Crippen LogP contribution in [0.4, 0.5) is 13.2 Å². The number of hydrogen-bond acceptors (Lipinski definition) is 3. The number of alkyl halides is 3. The van der Waals surface area contributed by atoms with Gasteiger partial charge in [-0.05, 0) is 29.8 Å². The van der Waals surface area contributed by atoms with Crippen molar-refractivity contribution in [2.24, 2.45) is 5.11 Å². The topological polar surface area (TPSA) is 66.2 Å². The first kappa shape index (κ1) is 16.1. The van der Waals surface area contributed by atoms with Gasteiger partial charge in [0.2, 0.25) is 0 Å². The summed E-state index contributed by atoms with van der Waals surface area (Å²) in [4.78, 5) is 15.5. The fourth-order valence-corrected chi connectivity index (χ4v) is 2.03. The quantitative estimate of drug-likeness (QED) is 0.665. The van der Waals surface area contributed by atoms with E-state index in [1.54, 1.807) is 0 Å². The average molecular weight is 328 g/mol. The van der Waals surface area contributed by atoms with Crippen LogP contribution in [0.3, 0.4) is 0 Å². The predicted octanol–water partition coefficient (Wildman–Crippen LogP) is 4.52. The molecule has 114 valence electrons. The van der Waals surface area contributed by atoms with Crippen LogP contribution in [0.2, 0.25) is 5.15 Å². The lowest BCUT2D eigenvalue weighted by molar-refractivity contribution is -0.137. The zero-order valence-electron chi connectivity index (χ0n) is 11.0. The van der Waals surface area contributed by atoms with Gasteiger partial charge in [-0.15, -0.1) is 5.11 Å². The van der Waals surface area contributed by atoms with E-state index < -0.39 is 17.6 Å². The molecule has 22 heavy (non-hydrogen) atoms. The molecule has 1 aromatic heterocycles. The highest BCUT2D eigenvalue weighted by Gasteiger charge is 2.29. The van der Waals surface area contributed by atoms with Crippen molar-refractivity contribution in [2.75, 3.05) is 0 Å². The Kier molecular flexibility index (Phi) is 4.56. The van der Waals surface area contributed by atoms with Crippen LogP contribution in [0.5, 0.6) is 0 Å². The third-order valence-corrected chi connectivity index (χ3v) is 3.14.